The maximum atomic E-state index is 12.7. The highest BCUT2D eigenvalue weighted by Crippen LogP contribution is 2.22. The van der Waals surface area contributed by atoms with Crippen molar-refractivity contribution in [1.82, 2.24) is 4.90 Å². The third-order valence-electron chi connectivity index (χ3n) is 3.70. The van der Waals surface area contributed by atoms with E-state index in [1.54, 1.807) is 12.1 Å². The van der Waals surface area contributed by atoms with E-state index in [-0.39, 0.29) is 23.4 Å². The van der Waals surface area contributed by atoms with Gasteiger partial charge in [-0.1, -0.05) is 48.3 Å². The summed E-state index contributed by atoms with van der Waals surface area (Å²) in [6.07, 6.45) is 0.731. The smallest absolute Gasteiger partial charge is 0.255 e. The van der Waals surface area contributed by atoms with E-state index in [0.29, 0.717) is 17.1 Å². The van der Waals surface area contributed by atoms with Crippen molar-refractivity contribution >= 4 is 40.7 Å². The van der Waals surface area contributed by atoms with E-state index in [1.165, 1.54) is 11.0 Å². The van der Waals surface area contributed by atoms with Gasteiger partial charge in [0.05, 0.1) is 10.6 Å². The molecular weight excluding hydrogens is 359 g/mol. The van der Waals surface area contributed by atoms with Crippen molar-refractivity contribution in [1.29, 1.82) is 0 Å². The molecule has 6 heteroatoms. The Morgan fingerprint density at radius 3 is 2.48 bits per heavy atom. The Bertz CT molecular complexity index is 778. The third kappa shape index (κ3) is 5.21. The number of benzene rings is 2. The first-order chi connectivity index (χ1) is 11.9. The molecule has 2 aromatic rings. The minimum atomic E-state index is -0.288. The van der Waals surface area contributed by atoms with Crippen LogP contribution in [0.5, 0.6) is 0 Å². The van der Waals surface area contributed by atoms with Crippen LogP contribution in [0.1, 0.15) is 29.3 Å². The van der Waals surface area contributed by atoms with Gasteiger partial charge in [0.1, 0.15) is 6.54 Å². The zero-order chi connectivity index (χ0) is 18.4. The first-order valence-electron chi connectivity index (χ1n) is 8.02. The molecule has 25 heavy (non-hydrogen) atoms. The SMILES string of the molecule is CCCN(CC(=O)Nc1ccccc1C)C(=O)c1ccc(Cl)cc1Cl. The maximum Gasteiger partial charge on any atom is 0.255 e. The zero-order valence-corrected chi connectivity index (χ0v) is 15.7. The summed E-state index contributed by atoms with van der Waals surface area (Å²) in [5.74, 6) is -0.537. The van der Waals surface area contributed by atoms with Gasteiger partial charge in [0.25, 0.3) is 5.91 Å². The molecule has 0 spiro atoms. The molecule has 2 aromatic carbocycles. The molecule has 0 aliphatic rings. The summed E-state index contributed by atoms with van der Waals surface area (Å²) in [4.78, 5) is 26.6. The summed E-state index contributed by atoms with van der Waals surface area (Å²) in [5.41, 5.74) is 2.04. The van der Waals surface area contributed by atoms with Gasteiger partial charge in [-0.15, -0.1) is 0 Å². The summed E-state index contributed by atoms with van der Waals surface area (Å²) in [6, 6.07) is 12.2. The van der Waals surface area contributed by atoms with Gasteiger partial charge < -0.3 is 10.2 Å². The Labute approximate surface area is 157 Å². The molecule has 0 fully saturated rings. The number of para-hydroxylation sites is 1. The second-order valence-corrected chi connectivity index (χ2v) is 6.56. The lowest BCUT2D eigenvalue weighted by atomic mass is 10.2. The van der Waals surface area contributed by atoms with Gasteiger partial charge in [-0.05, 0) is 43.2 Å². The molecule has 0 aliphatic heterocycles. The molecule has 0 heterocycles. The van der Waals surface area contributed by atoms with Crippen LogP contribution in [-0.4, -0.2) is 29.8 Å². The lowest BCUT2D eigenvalue weighted by Crippen LogP contribution is -2.38. The number of carbonyl (C=O) groups is 2. The van der Waals surface area contributed by atoms with Crippen LogP contribution in [0, 0.1) is 6.92 Å². The number of hydrogen-bond acceptors (Lipinski definition) is 2. The second-order valence-electron chi connectivity index (χ2n) is 5.71. The third-order valence-corrected chi connectivity index (χ3v) is 4.24. The fourth-order valence-corrected chi connectivity index (χ4v) is 2.92. The summed E-state index contributed by atoms with van der Waals surface area (Å²) in [5, 5.41) is 3.58. The summed E-state index contributed by atoms with van der Waals surface area (Å²) < 4.78 is 0. The largest absolute Gasteiger partial charge is 0.329 e. The fourth-order valence-electron chi connectivity index (χ4n) is 2.43. The maximum absolute atomic E-state index is 12.7. The van der Waals surface area contributed by atoms with Crippen LogP contribution in [0.4, 0.5) is 5.69 Å². The van der Waals surface area contributed by atoms with Gasteiger partial charge in [-0.2, -0.15) is 0 Å². The number of halogens is 2. The van der Waals surface area contributed by atoms with E-state index in [2.05, 4.69) is 5.32 Å². The van der Waals surface area contributed by atoms with Crippen LogP contribution in [0.25, 0.3) is 0 Å². The van der Waals surface area contributed by atoms with Crippen molar-refractivity contribution in [2.45, 2.75) is 20.3 Å². The van der Waals surface area contributed by atoms with Crippen LogP contribution in [0.2, 0.25) is 10.0 Å². The Kier molecular flexibility index (Phi) is 6.85. The summed E-state index contributed by atoms with van der Waals surface area (Å²) in [6.45, 7) is 4.28. The van der Waals surface area contributed by atoms with Crippen LogP contribution in [-0.2, 0) is 4.79 Å². The Balaban J connectivity index is 2.13. The van der Waals surface area contributed by atoms with E-state index >= 15 is 0 Å². The molecule has 2 amide bonds. The average molecular weight is 379 g/mol. The van der Waals surface area contributed by atoms with E-state index in [1.807, 2.05) is 38.1 Å². The molecule has 132 valence electrons. The number of amides is 2. The number of nitrogens with zero attached hydrogens (tertiary/aromatic N) is 1. The summed E-state index contributed by atoms with van der Waals surface area (Å²) >= 11 is 12.0. The van der Waals surface area contributed by atoms with E-state index in [0.717, 1.165) is 17.7 Å². The summed E-state index contributed by atoms with van der Waals surface area (Å²) in [7, 11) is 0. The van der Waals surface area contributed by atoms with Gasteiger partial charge in [0, 0.05) is 17.3 Å². The number of anilines is 1. The van der Waals surface area contributed by atoms with Crippen molar-refractivity contribution in [3.8, 4) is 0 Å². The lowest BCUT2D eigenvalue weighted by molar-refractivity contribution is -0.116. The molecule has 0 aliphatic carbocycles. The molecule has 0 bridgehead atoms. The normalized spacial score (nSPS) is 10.4. The first-order valence-corrected chi connectivity index (χ1v) is 8.77. The van der Waals surface area contributed by atoms with Crippen molar-refractivity contribution in [2.75, 3.05) is 18.4 Å². The number of rotatable bonds is 6. The average Bonchev–Trinajstić information content (AvgIpc) is 2.56. The molecule has 0 radical (unpaired) electrons. The molecule has 2 rings (SSSR count). The Morgan fingerprint density at radius 1 is 1.12 bits per heavy atom. The molecule has 0 atom stereocenters. The zero-order valence-electron chi connectivity index (χ0n) is 14.2. The monoisotopic (exact) mass is 378 g/mol. The number of carbonyl (C=O) groups excluding carboxylic acids is 2. The standard InChI is InChI=1S/C19H20Cl2N2O2/c1-3-10-23(19(25)15-9-8-14(20)11-16(15)21)12-18(24)22-17-7-5-4-6-13(17)2/h4-9,11H,3,10,12H2,1-2H3,(H,22,24). The van der Waals surface area contributed by atoms with E-state index in [9.17, 15) is 9.59 Å². The van der Waals surface area contributed by atoms with E-state index < -0.39 is 0 Å². The highest BCUT2D eigenvalue weighted by Gasteiger charge is 2.20. The minimum Gasteiger partial charge on any atom is -0.329 e. The van der Waals surface area contributed by atoms with Gasteiger partial charge in [0.15, 0.2) is 0 Å². The second kappa shape index (κ2) is 8.88. The Hall–Kier alpha value is -2.04. The molecule has 0 saturated carbocycles. The van der Waals surface area contributed by atoms with Crippen molar-refractivity contribution in [3.05, 3.63) is 63.6 Å². The molecule has 0 unspecified atom stereocenters. The quantitative estimate of drug-likeness (QED) is 0.784. The lowest BCUT2D eigenvalue weighted by Gasteiger charge is -2.22. The van der Waals surface area contributed by atoms with Crippen LogP contribution < -0.4 is 5.32 Å². The van der Waals surface area contributed by atoms with Gasteiger partial charge in [-0.3, -0.25) is 9.59 Å². The molecule has 1 N–H and O–H groups in total. The predicted molar refractivity (Wildman–Crippen MR) is 102 cm³/mol. The highest BCUT2D eigenvalue weighted by atomic mass is 35.5. The van der Waals surface area contributed by atoms with E-state index in [4.69, 9.17) is 23.2 Å². The number of aryl methyl sites for hydroxylation is 1. The van der Waals surface area contributed by atoms with Crippen molar-refractivity contribution in [3.63, 3.8) is 0 Å². The minimum absolute atomic E-state index is 0.0417. The first kappa shape index (κ1) is 19.3. The molecule has 0 aromatic heterocycles. The topological polar surface area (TPSA) is 49.4 Å². The number of hydrogen-bond donors (Lipinski definition) is 1. The number of nitrogens with one attached hydrogen (secondary N) is 1. The Morgan fingerprint density at radius 2 is 1.84 bits per heavy atom. The van der Waals surface area contributed by atoms with Crippen molar-refractivity contribution in [2.24, 2.45) is 0 Å². The van der Waals surface area contributed by atoms with Crippen molar-refractivity contribution < 1.29 is 9.59 Å². The molecular formula is C19H20Cl2N2O2. The van der Waals surface area contributed by atoms with Gasteiger partial charge in [-0.25, -0.2) is 0 Å². The fraction of sp³-hybridized carbons (Fsp3) is 0.263. The van der Waals surface area contributed by atoms with Gasteiger partial charge in [0.2, 0.25) is 5.91 Å². The predicted octanol–water partition coefficient (Wildman–Crippen LogP) is 4.79. The van der Waals surface area contributed by atoms with Crippen LogP contribution >= 0.6 is 23.2 Å². The molecule has 0 saturated heterocycles. The van der Waals surface area contributed by atoms with Gasteiger partial charge >= 0.3 is 0 Å². The molecule has 4 nitrogen and oxygen atoms in total. The van der Waals surface area contributed by atoms with Crippen LogP contribution in [0.3, 0.4) is 0 Å². The highest BCUT2D eigenvalue weighted by molar-refractivity contribution is 6.36. The van der Waals surface area contributed by atoms with Crippen LogP contribution in [0.15, 0.2) is 42.5 Å².